The molecule has 0 radical (unpaired) electrons. The van der Waals surface area contributed by atoms with Crippen LogP contribution in [0.1, 0.15) is 5.56 Å². The first kappa shape index (κ1) is 13.9. The van der Waals surface area contributed by atoms with Gasteiger partial charge in [-0.15, -0.1) is 0 Å². The predicted molar refractivity (Wildman–Crippen MR) is 70.9 cm³/mol. The van der Waals surface area contributed by atoms with E-state index in [4.69, 9.17) is 11.5 Å². The average Bonchev–Trinajstić information content (AvgIpc) is 2.38. The summed E-state index contributed by atoms with van der Waals surface area (Å²) in [5.41, 5.74) is 10.7. The Labute approximate surface area is 112 Å². The highest BCUT2D eigenvalue weighted by molar-refractivity contribution is 5.56. The van der Waals surface area contributed by atoms with Crippen molar-refractivity contribution < 1.29 is 13.2 Å². The van der Waals surface area contributed by atoms with Gasteiger partial charge in [0, 0.05) is 11.4 Å². The van der Waals surface area contributed by atoms with Gasteiger partial charge in [0.25, 0.3) is 0 Å². The van der Waals surface area contributed by atoms with Gasteiger partial charge in [0.1, 0.15) is 0 Å². The lowest BCUT2D eigenvalue weighted by Crippen LogP contribution is -2.08. The van der Waals surface area contributed by atoms with Crippen molar-refractivity contribution in [2.24, 2.45) is 10.2 Å². The van der Waals surface area contributed by atoms with Crippen LogP contribution in [0.25, 0.3) is 0 Å². The zero-order chi connectivity index (χ0) is 14.8. The Balaban J connectivity index is 2.28. The first-order chi connectivity index (χ1) is 9.36. The highest BCUT2D eigenvalue weighted by Gasteiger charge is 2.33. The number of halogens is 3. The molecule has 0 bridgehead atoms. The second-order valence-electron chi connectivity index (χ2n) is 4.06. The van der Waals surface area contributed by atoms with Crippen LogP contribution in [0.5, 0.6) is 0 Å². The normalized spacial score (nSPS) is 11.9. The predicted octanol–water partition coefficient (Wildman–Crippen LogP) is 4.29. The summed E-state index contributed by atoms with van der Waals surface area (Å²) >= 11 is 0. The third-order valence-corrected chi connectivity index (χ3v) is 2.52. The minimum atomic E-state index is -4.52. The summed E-state index contributed by atoms with van der Waals surface area (Å²) in [6, 6.07) is 9.85. The molecule has 2 aromatic carbocycles. The molecule has 0 fully saturated rings. The number of benzene rings is 2. The van der Waals surface area contributed by atoms with E-state index < -0.39 is 11.7 Å². The lowest BCUT2D eigenvalue weighted by atomic mass is 10.1. The Morgan fingerprint density at radius 3 is 1.95 bits per heavy atom. The summed E-state index contributed by atoms with van der Waals surface area (Å²) in [4.78, 5) is 0. The molecule has 0 aliphatic rings. The van der Waals surface area contributed by atoms with E-state index in [-0.39, 0.29) is 11.4 Å². The first-order valence-corrected chi connectivity index (χ1v) is 5.60. The molecule has 104 valence electrons. The third-order valence-electron chi connectivity index (χ3n) is 2.52. The fourth-order valence-electron chi connectivity index (χ4n) is 1.51. The number of anilines is 2. The molecule has 0 unspecified atom stereocenters. The number of rotatable bonds is 2. The summed E-state index contributed by atoms with van der Waals surface area (Å²) in [6.07, 6.45) is -4.52. The van der Waals surface area contributed by atoms with Crippen LogP contribution >= 0.6 is 0 Å². The van der Waals surface area contributed by atoms with Gasteiger partial charge in [-0.05, 0) is 42.5 Å². The molecule has 0 amide bonds. The number of nitrogens with two attached hydrogens (primary N) is 2. The maximum absolute atomic E-state index is 12.7. The van der Waals surface area contributed by atoms with Gasteiger partial charge in [0.2, 0.25) is 0 Å². The Morgan fingerprint density at radius 2 is 1.35 bits per heavy atom. The van der Waals surface area contributed by atoms with Crippen molar-refractivity contribution in [3.8, 4) is 0 Å². The van der Waals surface area contributed by atoms with E-state index in [0.29, 0.717) is 11.4 Å². The van der Waals surface area contributed by atoms with Crippen LogP contribution < -0.4 is 11.5 Å². The van der Waals surface area contributed by atoms with Crippen molar-refractivity contribution in [1.82, 2.24) is 0 Å². The standard InChI is InChI=1S/C13H11F3N4/c14-13(15,16)11-7-10(5-6-12(11)18)20-19-9-3-1-8(17)2-4-9/h1-7H,17-18H2/b20-19+. The van der Waals surface area contributed by atoms with Crippen LogP contribution in [0.2, 0.25) is 0 Å². The van der Waals surface area contributed by atoms with E-state index >= 15 is 0 Å². The van der Waals surface area contributed by atoms with Crippen molar-refractivity contribution >= 4 is 22.7 Å². The summed E-state index contributed by atoms with van der Waals surface area (Å²) in [7, 11) is 0. The molecule has 0 saturated carbocycles. The molecule has 0 atom stereocenters. The number of hydrogen-bond acceptors (Lipinski definition) is 4. The minimum absolute atomic E-state index is 0.0725. The maximum Gasteiger partial charge on any atom is 0.418 e. The molecule has 20 heavy (non-hydrogen) atoms. The molecule has 0 saturated heterocycles. The summed E-state index contributed by atoms with van der Waals surface area (Å²) < 4.78 is 38.0. The quantitative estimate of drug-likeness (QED) is 0.636. The average molecular weight is 280 g/mol. The monoisotopic (exact) mass is 280 g/mol. The zero-order valence-corrected chi connectivity index (χ0v) is 10.2. The van der Waals surface area contributed by atoms with Gasteiger partial charge in [0.05, 0.1) is 16.9 Å². The van der Waals surface area contributed by atoms with E-state index in [2.05, 4.69) is 10.2 Å². The van der Waals surface area contributed by atoms with Gasteiger partial charge >= 0.3 is 6.18 Å². The molecule has 2 rings (SSSR count). The van der Waals surface area contributed by atoms with E-state index in [1.807, 2.05) is 0 Å². The summed E-state index contributed by atoms with van der Waals surface area (Å²) in [5, 5.41) is 7.58. The molecule has 0 aliphatic heterocycles. The van der Waals surface area contributed by atoms with E-state index in [1.54, 1.807) is 24.3 Å². The van der Waals surface area contributed by atoms with Crippen molar-refractivity contribution in [2.45, 2.75) is 6.18 Å². The molecule has 4 nitrogen and oxygen atoms in total. The van der Waals surface area contributed by atoms with E-state index in [9.17, 15) is 13.2 Å². The van der Waals surface area contributed by atoms with Crippen molar-refractivity contribution in [3.63, 3.8) is 0 Å². The number of nitrogen functional groups attached to an aromatic ring is 2. The zero-order valence-electron chi connectivity index (χ0n) is 10.2. The van der Waals surface area contributed by atoms with Crippen LogP contribution in [0, 0.1) is 0 Å². The summed E-state index contributed by atoms with van der Waals surface area (Å²) in [6.45, 7) is 0. The van der Waals surface area contributed by atoms with Crippen molar-refractivity contribution in [3.05, 3.63) is 48.0 Å². The Bertz CT molecular complexity index is 633. The molecule has 0 heterocycles. The van der Waals surface area contributed by atoms with Crippen LogP contribution in [0.3, 0.4) is 0 Å². The van der Waals surface area contributed by atoms with Crippen LogP contribution in [-0.4, -0.2) is 0 Å². The van der Waals surface area contributed by atoms with E-state index in [0.717, 1.165) is 12.1 Å². The molecule has 4 N–H and O–H groups in total. The highest BCUT2D eigenvalue weighted by Crippen LogP contribution is 2.36. The largest absolute Gasteiger partial charge is 0.418 e. The third kappa shape index (κ3) is 3.25. The number of hydrogen-bond donors (Lipinski definition) is 2. The number of alkyl halides is 3. The van der Waals surface area contributed by atoms with Gasteiger partial charge in [-0.2, -0.15) is 23.4 Å². The lowest BCUT2D eigenvalue weighted by Gasteiger charge is -2.09. The SMILES string of the molecule is Nc1ccc(/N=N/c2ccc(N)c(C(F)(F)F)c2)cc1. The van der Waals surface area contributed by atoms with Gasteiger partial charge in [-0.3, -0.25) is 0 Å². The van der Waals surface area contributed by atoms with E-state index in [1.165, 1.54) is 6.07 Å². The van der Waals surface area contributed by atoms with Crippen LogP contribution in [0.4, 0.5) is 35.9 Å². The molecule has 7 heteroatoms. The van der Waals surface area contributed by atoms with Crippen molar-refractivity contribution in [2.75, 3.05) is 11.5 Å². The number of azo groups is 1. The van der Waals surface area contributed by atoms with Gasteiger partial charge in [-0.25, -0.2) is 0 Å². The fraction of sp³-hybridized carbons (Fsp3) is 0.0769. The number of nitrogens with zero attached hydrogens (tertiary/aromatic N) is 2. The smallest absolute Gasteiger partial charge is 0.399 e. The molecule has 0 spiro atoms. The van der Waals surface area contributed by atoms with Crippen LogP contribution in [0.15, 0.2) is 52.7 Å². The molecular formula is C13H11F3N4. The Morgan fingerprint density at radius 1 is 0.800 bits per heavy atom. The topological polar surface area (TPSA) is 76.8 Å². The lowest BCUT2D eigenvalue weighted by molar-refractivity contribution is -0.136. The molecule has 0 aromatic heterocycles. The highest BCUT2D eigenvalue weighted by atomic mass is 19.4. The first-order valence-electron chi connectivity index (χ1n) is 5.60. The summed E-state index contributed by atoms with van der Waals surface area (Å²) in [5.74, 6) is 0. The molecule has 0 aliphatic carbocycles. The minimum Gasteiger partial charge on any atom is -0.399 e. The van der Waals surface area contributed by atoms with Crippen molar-refractivity contribution in [1.29, 1.82) is 0 Å². The molecule has 2 aromatic rings. The van der Waals surface area contributed by atoms with Crippen LogP contribution in [-0.2, 0) is 6.18 Å². The second kappa shape index (κ2) is 5.20. The van der Waals surface area contributed by atoms with Gasteiger partial charge < -0.3 is 11.5 Å². The second-order valence-corrected chi connectivity index (χ2v) is 4.06. The molecular weight excluding hydrogens is 269 g/mol. The van der Waals surface area contributed by atoms with Gasteiger partial charge in [0.15, 0.2) is 0 Å². The Kier molecular flexibility index (Phi) is 3.60. The fourth-order valence-corrected chi connectivity index (χ4v) is 1.51. The Hall–Kier alpha value is -2.57. The van der Waals surface area contributed by atoms with Gasteiger partial charge in [-0.1, -0.05) is 0 Å². The maximum atomic E-state index is 12.7.